The quantitative estimate of drug-likeness (QED) is 0.0160. The predicted molar refractivity (Wildman–Crippen MR) is 221 cm³/mol. The molecule has 1 aliphatic rings. The lowest BCUT2D eigenvalue weighted by atomic mass is 9.85. The Bertz CT molecular complexity index is 1190. The summed E-state index contributed by atoms with van der Waals surface area (Å²) in [6, 6.07) is 0. The van der Waals surface area contributed by atoms with Crippen LogP contribution in [0.2, 0.25) is 0 Å². The summed E-state index contributed by atoms with van der Waals surface area (Å²) in [5, 5.41) is 50.0. The first-order valence-electron chi connectivity index (χ1n) is 21.4. The molecule has 57 heavy (non-hydrogen) atoms. The normalized spacial score (nSPS) is 23.2. The monoisotopic (exact) mass is 830 g/mol. The van der Waals surface area contributed by atoms with Crippen molar-refractivity contribution in [1.82, 2.24) is 0 Å². The van der Waals surface area contributed by atoms with Crippen LogP contribution >= 0.6 is 7.82 Å². The molecule has 0 aliphatic heterocycles. The van der Waals surface area contributed by atoms with Gasteiger partial charge >= 0.3 is 19.8 Å². The lowest BCUT2D eigenvalue weighted by molar-refractivity contribution is -0.220. The minimum Gasteiger partial charge on any atom is -0.462 e. The molecule has 1 fully saturated rings. The van der Waals surface area contributed by atoms with Crippen molar-refractivity contribution in [2.75, 3.05) is 13.2 Å². The largest absolute Gasteiger partial charge is 0.472 e. The summed E-state index contributed by atoms with van der Waals surface area (Å²) >= 11 is 0. The van der Waals surface area contributed by atoms with E-state index in [0.29, 0.717) is 12.8 Å². The van der Waals surface area contributed by atoms with E-state index in [4.69, 9.17) is 18.5 Å². The van der Waals surface area contributed by atoms with Crippen LogP contribution in [0.15, 0.2) is 48.6 Å². The number of rotatable bonds is 34. The van der Waals surface area contributed by atoms with Crippen LogP contribution in [0.5, 0.6) is 0 Å². The molecule has 0 aromatic heterocycles. The van der Waals surface area contributed by atoms with E-state index >= 15 is 0 Å². The van der Waals surface area contributed by atoms with Crippen molar-refractivity contribution in [3.8, 4) is 0 Å². The van der Waals surface area contributed by atoms with Gasteiger partial charge in [0.15, 0.2) is 6.10 Å². The van der Waals surface area contributed by atoms with Crippen LogP contribution in [-0.2, 0) is 32.7 Å². The summed E-state index contributed by atoms with van der Waals surface area (Å²) in [5.41, 5.74) is 0. The maximum atomic E-state index is 12.8. The van der Waals surface area contributed by atoms with Gasteiger partial charge in [-0.3, -0.25) is 18.6 Å². The molecule has 0 amide bonds. The second-order valence-electron chi connectivity index (χ2n) is 14.8. The second kappa shape index (κ2) is 33.6. The van der Waals surface area contributed by atoms with Gasteiger partial charge < -0.3 is 39.9 Å². The van der Waals surface area contributed by atoms with E-state index < -0.39 is 75.7 Å². The number of phosphoric acid groups is 1. The molecule has 0 saturated heterocycles. The van der Waals surface area contributed by atoms with E-state index in [9.17, 15) is 44.6 Å². The predicted octanol–water partition coefficient (Wildman–Crippen LogP) is 7.61. The maximum Gasteiger partial charge on any atom is 0.472 e. The molecule has 0 heterocycles. The van der Waals surface area contributed by atoms with Gasteiger partial charge in [0, 0.05) is 12.8 Å². The van der Waals surface area contributed by atoms with Crippen LogP contribution in [0.3, 0.4) is 0 Å². The minimum atomic E-state index is -5.12. The lowest BCUT2D eigenvalue weighted by Crippen LogP contribution is -2.64. The highest BCUT2D eigenvalue weighted by atomic mass is 31.2. The van der Waals surface area contributed by atoms with Crippen molar-refractivity contribution in [2.45, 2.75) is 198 Å². The zero-order valence-electron chi connectivity index (χ0n) is 34.6. The first-order valence-corrected chi connectivity index (χ1v) is 22.9. The van der Waals surface area contributed by atoms with E-state index in [1.807, 2.05) is 0 Å². The van der Waals surface area contributed by atoms with Crippen molar-refractivity contribution >= 4 is 19.8 Å². The molecule has 13 nitrogen and oxygen atoms in total. The van der Waals surface area contributed by atoms with E-state index in [1.165, 1.54) is 32.1 Å². The third kappa shape index (κ3) is 26.5. The number of allylic oxidation sites excluding steroid dienone is 8. The molecule has 0 aromatic rings. The lowest BCUT2D eigenvalue weighted by Gasteiger charge is -2.41. The molecule has 6 N–H and O–H groups in total. The summed E-state index contributed by atoms with van der Waals surface area (Å²) in [6.07, 6.45) is 24.7. The van der Waals surface area contributed by atoms with Crippen LogP contribution < -0.4 is 0 Å². The van der Waals surface area contributed by atoms with Crippen LogP contribution in [0.4, 0.5) is 0 Å². The number of esters is 2. The van der Waals surface area contributed by atoms with Crippen molar-refractivity contribution < 1.29 is 63.1 Å². The fourth-order valence-corrected chi connectivity index (χ4v) is 7.19. The number of phosphoric ester groups is 1. The summed E-state index contributed by atoms with van der Waals surface area (Å²) in [6.45, 7) is 3.13. The Labute approximate surface area is 341 Å². The average molecular weight is 831 g/mol. The van der Waals surface area contributed by atoms with Gasteiger partial charge in [-0.2, -0.15) is 0 Å². The van der Waals surface area contributed by atoms with Gasteiger partial charge in [-0.15, -0.1) is 0 Å². The summed E-state index contributed by atoms with van der Waals surface area (Å²) < 4.78 is 33.4. The van der Waals surface area contributed by atoms with Gasteiger partial charge in [0.05, 0.1) is 6.61 Å². The Hall–Kier alpha value is -2.19. The highest BCUT2D eigenvalue weighted by Crippen LogP contribution is 2.47. The Morgan fingerprint density at radius 3 is 1.53 bits per heavy atom. The molecule has 0 bridgehead atoms. The Balaban J connectivity index is 2.47. The van der Waals surface area contributed by atoms with Crippen molar-refractivity contribution in [1.29, 1.82) is 0 Å². The molecule has 1 rings (SSSR count). The first-order chi connectivity index (χ1) is 27.4. The van der Waals surface area contributed by atoms with Crippen LogP contribution in [0, 0.1) is 0 Å². The third-order valence-electron chi connectivity index (χ3n) is 9.68. The number of ether oxygens (including phenoxy) is 2. The van der Waals surface area contributed by atoms with Gasteiger partial charge in [0.1, 0.15) is 43.2 Å². The topological polar surface area (TPSA) is 210 Å². The fraction of sp³-hybridized carbons (Fsp3) is 0.767. The molecule has 1 aliphatic carbocycles. The first kappa shape index (κ1) is 52.8. The summed E-state index contributed by atoms with van der Waals surface area (Å²) in [7, 11) is -5.12. The molecule has 0 aromatic carbocycles. The van der Waals surface area contributed by atoms with Gasteiger partial charge in [-0.25, -0.2) is 4.57 Å². The van der Waals surface area contributed by atoms with Crippen LogP contribution in [0.1, 0.15) is 155 Å². The average Bonchev–Trinajstić information content (AvgIpc) is 3.19. The number of carbonyl (C=O) groups is 2. The van der Waals surface area contributed by atoms with Crippen LogP contribution in [0.25, 0.3) is 0 Å². The zero-order valence-corrected chi connectivity index (χ0v) is 35.5. The minimum absolute atomic E-state index is 0.0801. The SMILES string of the molecule is CC/C=C\C/C=C\C/C=C\C/C=C\CCCCCCCCC(=O)OC(COC(=O)CCCCCCCCCCC)COP(=O)(O)OC1C(O)C(O)C(O)C(O)C1O. The Kier molecular flexibility index (Phi) is 31.2. The number of carbonyl (C=O) groups excluding carboxylic acids is 2. The molecule has 6 atom stereocenters. The van der Waals surface area contributed by atoms with Gasteiger partial charge in [-0.05, 0) is 51.4 Å². The number of hydrogen-bond donors (Lipinski definition) is 6. The highest BCUT2D eigenvalue weighted by Gasteiger charge is 2.51. The number of aliphatic hydroxyl groups is 5. The molecular weight excluding hydrogens is 755 g/mol. The van der Waals surface area contributed by atoms with E-state index in [0.717, 1.165) is 83.5 Å². The van der Waals surface area contributed by atoms with Gasteiger partial charge in [0.25, 0.3) is 0 Å². The molecule has 330 valence electrons. The third-order valence-corrected chi connectivity index (χ3v) is 10.7. The van der Waals surface area contributed by atoms with Crippen LogP contribution in [-0.4, -0.2) is 98.3 Å². The zero-order chi connectivity index (χ0) is 42.2. The summed E-state index contributed by atoms with van der Waals surface area (Å²) in [4.78, 5) is 35.5. The Morgan fingerprint density at radius 1 is 0.561 bits per heavy atom. The maximum absolute atomic E-state index is 12.8. The molecule has 0 radical (unpaired) electrons. The van der Waals surface area contributed by atoms with E-state index in [1.54, 1.807) is 0 Å². The Morgan fingerprint density at radius 2 is 1.00 bits per heavy atom. The summed E-state index contributed by atoms with van der Waals surface area (Å²) in [5.74, 6) is -1.12. The van der Waals surface area contributed by atoms with Gasteiger partial charge in [-0.1, -0.05) is 140 Å². The number of hydrogen-bond acceptors (Lipinski definition) is 12. The van der Waals surface area contributed by atoms with E-state index in [-0.39, 0.29) is 12.8 Å². The smallest absolute Gasteiger partial charge is 0.462 e. The molecular formula is C43H75O13P. The molecule has 6 unspecified atom stereocenters. The van der Waals surface area contributed by atoms with Gasteiger partial charge in [0.2, 0.25) is 0 Å². The highest BCUT2D eigenvalue weighted by molar-refractivity contribution is 7.47. The fourth-order valence-electron chi connectivity index (χ4n) is 6.22. The number of unbranched alkanes of at least 4 members (excludes halogenated alkanes) is 14. The standard InChI is InChI=1S/C43H75O13P/c1-3-5-7-9-11-13-14-15-16-17-18-19-20-21-22-24-26-28-30-32-37(45)55-35(33-53-36(44)31-29-27-25-23-12-10-8-6-4-2)34-54-57(51,52)56-43-41(49)39(47)38(46)40(48)42(43)50/h5,7,11,13,15-16,18-19,35,38-43,46-50H,3-4,6,8-10,12,14,17,20-34H2,1-2H3,(H,51,52)/b7-5-,13-11-,16-15-,19-18-. The molecule has 14 heteroatoms. The van der Waals surface area contributed by atoms with Crippen molar-refractivity contribution in [3.05, 3.63) is 48.6 Å². The second-order valence-corrected chi connectivity index (χ2v) is 16.2. The molecule has 0 spiro atoms. The van der Waals surface area contributed by atoms with E-state index in [2.05, 4.69) is 62.5 Å². The number of aliphatic hydroxyl groups excluding tert-OH is 5. The van der Waals surface area contributed by atoms with Crippen molar-refractivity contribution in [3.63, 3.8) is 0 Å². The molecule has 1 saturated carbocycles. The van der Waals surface area contributed by atoms with Crippen molar-refractivity contribution in [2.24, 2.45) is 0 Å².